The van der Waals surface area contributed by atoms with Gasteiger partial charge < -0.3 is 10.6 Å². The SMILES string of the molecule is CCNc1cncc(Nc2cc(C#N)ccc2Cl)c1. The van der Waals surface area contributed by atoms with Crippen molar-refractivity contribution >= 4 is 28.7 Å². The largest absolute Gasteiger partial charge is 0.384 e. The summed E-state index contributed by atoms with van der Waals surface area (Å²) < 4.78 is 0. The smallest absolute Gasteiger partial charge is 0.0992 e. The second-order valence-corrected chi connectivity index (χ2v) is 4.33. The van der Waals surface area contributed by atoms with Crippen LogP contribution in [0.1, 0.15) is 12.5 Å². The van der Waals surface area contributed by atoms with Crippen molar-refractivity contribution in [3.05, 3.63) is 47.2 Å². The summed E-state index contributed by atoms with van der Waals surface area (Å²) in [5.41, 5.74) is 2.99. The first kappa shape index (κ1) is 13.2. The quantitative estimate of drug-likeness (QED) is 0.889. The fraction of sp³-hybridized carbons (Fsp3) is 0.143. The molecule has 0 unspecified atom stereocenters. The zero-order valence-electron chi connectivity index (χ0n) is 10.4. The number of aromatic nitrogens is 1. The van der Waals surface area contributed by atoms with Crippen molar-refractivity contribution < 1.29 is 0 Å². The van der Waals surface area contributed by atoms with E-state index < -0.39 is 0 Å². The Bertz CT molecular complexity index is 619. The molecule has 0 aliphatic rings. The number of rotatable bonds is 4. The van der Waals surface area contributed by atoms with E-state index in [-0.39, 0.29) is 0 Å². The molecule has 19 heavy (non-hydrogen) atoms. The lowest BCUT2D eigenvalue weighted by Crippen LogP contribution is -1.99. The maximum absolute atomic E-state index is 8.89. The summed E-state index contributed by atoms with van der Waals surface area (Å²) in [5, 5.41) is 15.8. The average molecular weight is 273 g/mol. The van der Waals surface area contributed by atoms with Gasteiger partial charge in [0.2, 0.25) is 0 Å². The summed E-state index contributed by atoms with van der Waals surface area (Å²) in [6, 6.07) is 9.11. The Morgan fingerprint density at radius 1 is 1.26 bits per heavy atom. The Morgan fingerprint density at radius 2 is 2.05 bits per heavy atom. The monoisotopic (exact) mass is 272 g/mol. The van der Waals surface area contributed by atoms with Gasteiger partial charge >= 0.3 is 0 Å². The van der Waals surface area contributed by atoms with Gasteiger partial charge in [-0.15, -0.1) is 0 Å². The van der Waals surface area contributed by atoms with Crippen molar-refractivity contribution in [3.8, 4) is 6.07 Å². The Morgan fingerprint density at radius 3 is 2.79 bits per heavy atom. The fourth-order valence-corrected chi connectivity index (χ4v) is 1.82. The molecule has 1 heterocycles. The first-order chi connectivity index (χ1) is 9.22. The highest BCUT2D eigenvalue weighted by molar-refractivity contribution is 6.33. The number of anilines is 3. The van der Waals surface area contributed by atoms with Crippen LogP contribution in [0.2, 0.25) is 5.02 Å². The molecular formula is C14H13ClN4. The minimum atomic E-state index is 0.558. The third kappa shape index (κ3) is 3.36. The third-order valence-corrected chi connectivity index (χ3v) is 2.82. The molecule has 1 aromatic carbocycles. The Kier molecular flexibility index (Phi) is 4.22. The Labute approximate surface area is 117 Å². The highest BCUT2D eigenvalue weighted by Gasteiger charge is 2.03. The van der Waals surface area contributed by atoms with E-state index in [4.69, 9.17) is 16.9 Å². The van der Waals surface area contributed by atoms with Crippen molar-refractivity contribution in [3.63, 3.8) is 0 Å². The molecule has 2 rings (SSSR count). The van der Waals surface area contributed by atoms with Crippen LogP contribution in [0.4, 0.5) is 17.1 Å². The van der Waals surface area contributed by atoms with Gasteiger partial charge in [-0.3, -0.25) is 4.98 Å². The van der Waals surface area contributed by atoms with Crippen molar-refractivity contribution in [2.45, 2.75) is 6.92 Å². The number of benzene rings is 1. The molecule has 0 aliphatic heterocycles. The zero-order chi connectivity index (χ0) is 13.7. The molecule has 0 aliphatic carbocycles. The van der Waals surface area contributed by atoms with Gasteiger partial charge in [-0.25, -0.2) is 0 Å². The number of nitrogens with one attached hydrogen (secondary N) is 2. The summed E-state index contributed by atoms with van der Waals surface area (Å²) in [7, 11) is 0. The average Bonchev–Trinajstić information content (AvgIpc) is 2.42. The number of nitrogens with zero attached hydrogens (tertiary/aromatic N) is 2. The number of halogens is 1. The van der Waals surface area contributed by atoms with Crippen molar-refractivity contribution in [1.29, 1.82) is 5.26 Å². The van der Waals surface area contributed by atoms with Crippen molar-refractivity contribution in [2.75, 3.05) is 17.2 Å². The van der Waals surface area contributed by atoms with E-state index in [0.717, 1.165) is 17.9 Å². The first-order valence-electron chi connectivity index (χ1n) is 5.88. The summed E-state index contributed by atoms with van der Waals surface area (Å²) in [5.74, 6) is 0. The number of hydrogen-bond donors (Lipinski definition) is 2. The first-order valence-corrected chi connectivity index (χ1v) is 6.26. The molecule has 1 aromatic heterocycles. The van der Waals surface area contributed by atoms with Gasteiger partial charge in [0, 0.05) is 6.54 Å². The molecular weight excluding hydrogens is 260 g/mol. The van der Waals surface area contributed by atoms with E-state index in [2.05, 4.69) is 21.7 Å². The predicted molar refractivity (Wildman–Crippen MR) is 77.9 cm³/mol. The van der Waals surface area contributed by atoms with Gasteiger partial charge in [-0.05, 0) is 31.2 Å². The Balaban J connectivity index is 2.26. The summed E-state index contributed by atoms with van der Waals surface area (Å²) in [6.07, 6.45) is 3.46. The van der Waals surface area contributed by atoms with E-state index in [9.17, 15) is 0 Å². The minimum absolute atomic E-state index is 0.558. The van der Waals surface area contributed by atoms with Crippen LogP contribution < -0.4 is 10.6 Å². The van der Waals surface area contributed by atoms with Crippen molar-refractivity contribution in [1.82, 2.24) is 4.98 Å². The molecule has 0 radical (unpaired) electrons. The zero-order valence-corrected chi connectivity index (χ0v) is 11.2. The molecule has 0 bridgehead atoms. The van der Waals surface area contributed by atoms with E-state index >= 15 is 0 Å². The second kappa shape index (κ2) is 6.07. The van der Waals surface area contributed by atoms with Gasteiger partial charge in [0.25, 0.3) is 0 Å². The van der Waals surface area contributed by atoms with Crippen LogP contribution in [0.25, 0.3) is 0 Å². The predicted octanol–water partition coefficient (Wildman–Crippen LogP) is 3.78. The Hall–Kier alpha value is -2.25. The normalized spacial score (nSPS) is 9.74. The van der Waals surface area contributed by atoms with Crippen LogP contribution in [0.3, 0.4) is 0 Å². The van der Waals surface area contributed by atoms with E-state index in [1.165, 1.54) is 0 Å². The molecule has 0 saturated carbocycles. The highest BCUT2D eigenvalue weighted by atomic mass is 35.5. The summed E-state index contributed by atoms with van der Waals surface area (Å²) in [6.45, 7) is 2.85. The molecule has 0 saturated heterocycles. The maximum atomic E-state index is 8.89. The molecule has 0 fully saturated rings. The molecule has 0 spiro atoms. The highest BCUT2D eigenvalue weighted by Crippen LogP contribution is 2.27. The van der Waals surface area contributed by atoms with E-state index in [1.54, 1.807) is 30.6 Å². The molecule has 0 amide bonds. The second-order valence-electron chi connectivity index (χ2n) is 3.92. The van der Waals surface area contributed by atoms with Crippen molar-refractivity contribution in [2.24, 2.45) is 0 Å². The van der Waals surface area contributed by atoms with Gasteiger partial charge in [0.05, 0.1) is 46.1 Å². The standard InChI is InChI=1S/C14H13ClN4/c1-2-18-11-6-12(9-17-8-11)19-14-5-10(7-16)3-4-13(14)15/h3-6,8-9,18-19H,2H2,1H3. The van der Waals surface area contributed by atoms with Crippen LogP contribution in [0, 0.1) is 11.3 Å². The minimum Gasteiger partial charge on any atom is -0.384 e. The lowest BCUT2D eigenvalue weighted by molar-refractivity contribution is 1.19. The number of hydrogen-bond acceptors (Lipinski definition) is 4. The van der Waals surface area contributed by atoms with E-state index in [1.807, 2.05) is 13.0 Å². The summed E-state index contributed by atoms with van der Waals surface area (Å²) in [4.78, 5) is 4.14. The third-order valence-electron chi connectivity index (χ3n) is 2.49. The number of nitriles is 1. The van der Waals surface area contributed by atoms with E-state index in [0.29, 0.717) is 16.3 Å². The van der Waals surface area contributed by atoms with Crippen LogP contribution in [0.5, 0.6) is 0 Å². The lowest BCUT2D eigenvalue weighted by atomic mass is 10.2. The molecule has 4 nitrogen and oxygen atoms in total. The van der Waals surface area contributed by atoms with Gasteiger partial charge in [-0.1, -0.05) is 11.6 Å². The fourth-order valence-electron chi connectivity index (χ4n) is 1.66. The van der Waals surface area contributed by atoms with Crippen LogP contribution in [-0.2, 0) is 0 Å². The molecule has 0 atom stereocenters. The molecule has 5 heteroatoms. The molecule has 96 valence electrons. The van der Waals surface area contributed by atoms with Gasteiger partial charge in [0.15, 0.2) is 0 Å². The van der Waals surface area contributed by atoms with Crippen LogP contribution in [0.15, 0.2) is 36.7 Å². The molecule has 2 aromatic rings. The molecule has 2 N–H and O–H groups in total. The topological polar surface area (TPSA) is 60.7 Å². The maximum Gasteiger partial charge on any atom is 0.0992 e. The van der Waals surface area contributed by atoms with Gasteiger partial charge in [-0.2, -0.15) is 5.26 Å². The van der Waals surface area contributed by atoms with Gasteiger partial charge in [0.1, 0.15) is 0 Å². The number of pyridine rings is 1. The van der Waals surface area contributed by atoms with Crippen LogP contribution >= 0.6 is 11.6 Å². The van der Waals surface area contributed by atoms with Crippen LogP contribution in [-0.4, -0.2) is 11.5 Å². The summed E-state index contributed by atoms with van der Waals surface area (Å²) >= 11 is 6.10. The lowest BCUT2D eigenvalue weighted by Gasteiger charge is -2.10.